The number of methoxy groups -OCH3 is 1. The molecule has 0 radical (unpaired) electrons. The van der Waals surface area contributed by atoms with Gasteiger partial charge in [0.2, 0.25) is 0 Å². The Morgan fingerprint density at radius 2 is 1.73 bits per heavy atom. The lowest BCUT2D eigenvalue weighted by atomic mass is 10.0. The minimum atomic E-state index is 0.00473. The lowest BCUT2D eigenvalue weighted by molar-refractivity contribution is 0.0154. The van der Waals surface area contributed by atoms with E-state index in [0.29, 0.717) is 6.04 Å². The van der Waals surface area contributed by atoms with Gasteiger partial charge in [0.15, 0.2) is 0 Å². The van der Waals surface area contributed by atoms with E-state index in [4.69, 9.17) is 4.74 Å². The molecule has 0 rings (SSSR count). The highest BCUT2D eigenvalue weighted by Gasteiger charge is 2.15. The first-order valence-corrected chi connectivity index (χ1v) is 6.16. The maximum absolute atomic E-state index is 5.38. The van der Waals surface area contributed by atoms with E-state index in [9.17, 15) is 0 Å². The Kier molecular flexibility index (Phi) is 7.20. The number of hydrogen-bond acceptors (Lipinski definition) is 2. The van der Waals surface area contributed by atoms with Gasteiger partial charge in [-0.25, -0.2) is 0 Å². The van der Waals surface area contributed by atoms with Gasteiger partial charge >= 0.3 is 0 Å². The fourth-order valence-corrected chi connectivity index (χ4v) is 1.41. The Hall–Kier alpha value is -0.0800. The summed E-state index contributed by atoms with van der Waals surface area (Å²) in [5.74, 6) is 0.810. The minimum Gasteiger partial charge on any atom is -0.379 e. The van der Waals surface area contributed by atoms with Crippen LogP contribution >= 0.6 is 0 Å². The molecule has 0 amide bonds. The molecule has 0 aliphatic rings. The maximum Gasteiger partial charge on any atom is 0.0634 e. The Bertz CT molecular complexity index is 155. The van der Waals surface area contributed by atoms with Gasteiger partial charge in [0.05, 0.1) is 5.60 Å². The van der Waals surface area contributed by atoms with Crippen molar-refractivity contribution >= 4 is 0 Å². The summed E-state index contributed by atoms with van der Waals surface area (Å²) in [5, 5.41) is 3.55. The van der Waals surface area contributed by atoms with Crippen LogP contribution in [0, 0.1) is 5.92 Å². The van der Waals surface area contributed by atoms with E-state index in [2.05, 4.69) is 39.9 Å². The minimum absolute atomic E-state index is 0.00473. The maximum atomic E-state index is 5.38. The number of hydrogen-bond donors (Lipinski definition) is 1. The average Bonchev–Trinajstić information content (AvgIpc) is 2.14. The normalized spacial score (nSPS) is 14.6. The highest BCUT2D eigenvalue weighted by molar-refractivity contribution is 4.71. The van der Waals surface area contributed by atoms with Crippen molar-refractivity contribution in [3.63, 3.8) is 0 Å². The molecular weight excluding hydrogens is 186 g/mol. The molecule has 0 aliphatic carbocycles. The summed E-state index contributed by atoms with van der Waals surface area (Å²) in [6, 6.07) is 0.625. The lowest BCUT2D eigenvalue weighted by Gasteiger charge is -2.24. The summed E-state index contributed by atoms with van der Waals surface area (Å²) in [6.07, 6.45) is 3.64. The van der Waals surface area contributed by atoms with E-state index in [-0.39, 0.29) is 5.60 Å². The Labute approximate surface area is 95.8 Å². The van der Waals surface area contributed by atoms with Gasteiger partial charge in [0.1, 0.15) is 0 Å². The quantitative estimate of drug-likeness (QED) is 0.671. The van der Waals surface area contributed by atoms with Crippen LogP contribution in [0.5, 0.6) is 0 Å². The van der Waals surface area contributed by atoms with Gasteiger partial charge < -0.3 is 10.1 Å². The van der Waals surface area contributed by atoms with Crippen LogP contribution < -0.4 is 5.32 Å². The van der Waals surface area contributed by atoms with Gasteiger partial charge in [-0.2, -0.15) is 0 Å². The Morgan fingerprint density at radius 3 is 2.20 bits per heavy atom. The third-order valence-corrected chi connectivity index (χ3v) is 2.95. The SMILES string of the molecule is COC(C)(C)CCNC(C)CCC(C)C. The zero-order valence-corrected chi connectivity index (χ0v) is 11.4. The van der Waals surface area contributed by atoms with E-state index in [1.807, 2.05) is 0 Å². The highest BCUT2D eigenvalue weighted by atomic mass is 16.5. The first kappa shape index (κ1) is 14.9. The highest BCUT2D eigenvalue weighted by Crippen LogP contribution is 2.12. The van der Waals surface area contributed by atoms with Crippen molar-refractivity contribution < 1.29 is 4.74 Å². The van der Waals surface area contributed by atoms with Crippen molar-refractivity contribution in [3.05, 3.63) is 0 Å². The molecule has 0 bridgehead atoms. The summed E-state index contributed by atoms with van der Waals surface area (Å²) >= 11 is 0. The summed E-state index contributed by atoms with van der Waals surface area (Å²) in [6.45, 7) is 12.1. The van der Waals surface area contributed by atoms with Crippen LogP contribution in [0.1, 0.15) is 53.9 Å². The molecule has 2 nitrogen and oxygen atoms in total. The monoisotopic (exact) mass is 215 g/mol. The van der Waals surface area contributed by atoms with E-state index in [0.717, 1.165) is 18.9 Å². The van der Waals surface area contributed by atoms with Crippen molar-refractivity contribution in [2.45, 2.75) is 65.5 Å². The molecule has 0 saturated carbocycles. The standard InChI is InChI=1S/C13H29NO/c1-11(2)7-8-12(3)14-10-9-13(4,5)15-6/h11-12,14H,7-10H2,1-6H3. The van der Waals surface area contributed by atoms with Crippen molar-refractivity contribution in [2.24, 2.45) is 5.92 Å². The molecule has 0 heterocycles. The zero-order chi connectivity index (χ0) is 11.9. The third kappa shape index (κ3) is 8.88. The van der Waals surface area contributed by atoms with Crippen LogP contribution in [0.25, 0.3) is 0 Å². The van der Waals surface area contributed by atoms with Gasteiger partial charge in [0, 0.05) is 13.2 Å². The van der Waals surface area contributed by atoms with Crippen LogP contribution in [-0.4, -0.2) is 25.3 Å². The fourth-order valence-electron chi connectivity index (χ4n) is 1.41. The van der Waals surface area contributed by atoms with Gasteiger partial charge in [-0.15, -0.1) is 0 Å². The molecule has 2 heteroatoms. The second-order valence-electron chi connectivity index (χ2n) is 5.54. The second-order valence-corrected chi connectivity index (χ2v) is 5.54. The van der Waals surface area contributed by atoms with Crippen LogP contribution in [0.15, 0.2) is 0 Å². The molecule has 0 aliphatic heterocycles. The summed E-state index contributed by atoms with van der Waals surface area (Å²) in [4.78, 5) is 0. The second kappa shape index (κ2) is 7.24. The van der Waals surface area contributed by atoms with Crippen molar-refractivity contribution in [3.8, 4) is 0 Å². The Morgan fingerprint density at radius 1 is 1.13 bits per heavy atom. The Balaban J connectivity index is 3.50. The van der Waals surface area contributed by atoms with Crippen LogP contribution in [-0.2, 0) is 4.74 Å². The molecular formula is C13H29NO. The van der Waals surface area contributed by atoms with Gasteiger partial charge in [0.25, 0.3) is 0 Å². The van der Waals surface area contributed by atoms with Crippen molar-refractivity contribution in [1.29, 1.82) is 0 Å². The predicted octanol–water partition coefficient (Wildman–Crippen LogP) is 3.22. The summed E-state index contributed by atoms with van der Waals surface area (Å²) in [5.41, 5.74) is 0.00473. The molecule has 1 unspecified atom stereocenters. The molecule has 0 spiro atoms. The van der Waals surface area contributed by atoms with Crippen molar-refractivity contribution in [1.82, 2.24) is 5.32 Å². The fraction of sp³-hybridized carbons (Fsp3) is 1.00. The molecule has 0 fully saturated rings. The third-order valence-electron chi connectivity index (χ3n) is 2.95. The molecule has 92 valence electrons. The van der Waals surface area contributed by atoms with E-state index >= 15 is 0 Å². The molecule has 1 atom stereocenters. The predicted molar refractivity (Wildman–Crippen MR) is 67.2 cm³/mol. The van der Waals surface area contributed by atoms with E-state index < -0.39 is 0 Å². The smallest absolute Gasteiger partial charge is 0.0634 e. The van der Waals surface area contributed by atoms with Crippen LogP contribution in [0.4, 0.5) is 0 Å². The molecule has 15 heavy (non-hydrogen) atoms. The van der Waals surface area contributed by atoms with E-state index in [1.165, 1.54) is 12.8 Å². The summed E-state index contributed by atoms with van der Waals surface area (Å²) in [7, 11) is 1.78. The molecule has 0 aromatic carbocycles. The van der Waals surface area contributed by atoms with Gasteiger partial charge in [-0.05, 0) is 52.5 Å². The van der Waals surface area contributed by atoms with Gasteiger partial charge in [-0.3, -0.25) is 0 Å². The first-order chi connectivity index (χ1) is 6.87. The van der Waals surface area contributed by atoms with E-state index in [1.54, 1.807) is 7.11 Å². The van der Waals surface area contributed by atoms with Gasteiger partial charge in [-0.1, -0.05) is 13.8 Å². The number of ether oxygens (including phenoxy) is 1. The number of rotatable bonds is 8. The zero-order valence-electron chi connectivity index (χ0n) is 11.4. The summed E-state index contributed by atoms with van der Waals surface area (Å²) < 4.78 is 5.38. The molecule has 0 aromatic heterocycles. The van der Waals surface area contributed by atoms with Crippen LogP contribution in [0.3, 0.4) is 0 Å². The van der Waals surface area contributed by atoms with Crippen molar-refractivity contribution in [2.75, 3.05) is 13.7 Å². The van der Waals surface area contributed by atoms with Crippen LogP contribution in [0.2, 0.25) is 0 Å². The topological polar surface area (TPSA) is 21.3 Å². The average molecular weight is 215 g/mol. The molecule has 0 saturated heterocycles. The number of nitrogens with one attached hydrogen (secondary N) is 1. The largest absolute Gasteiger partial charge is 0.379 e. The lowest BCUT2D eigenvalue weighted by Crippen LogP contribution is -2.33. The molecule has 1 N–H and O–H groups in total. The molecule has 0 aromatic rings. The first-order valence-electron chi connectivity index (χ1n) is 6.16.